The van der Waals surface area contributed by atoms with E-state index < -0.39 is 17.8 Å². The molecule has 2 amide bonds. The summed E-state index contributed by atoms with van der Waals surface area (Å²) in [5, 5.41) is 13.9. The number of thiocarbonyl (C=S) groups is 1. The molecule has 1 aliphatic rings. The Morgan fingerprint density at radius 3 is 2.48 bits per heavy atom. The Morgan fingerprint density at radius 1 is 1.16 bits per heavy atom. The van der Waals surface area contributed by atoms with E-state index in [9.17, 15) is 19.5 Å². The van der Waals surface area contributed by atoms with Crippen LogP contribution in [0.1, 0.15) is 16.1 Å². The third-order valence-corrected chi connectivity index (χ3v) is 4.03. The van der Waals surface area contributed by atoms with Gasteiger partial charge in [0.2, 0.25) is 0 Å². The van der Waals surface area contributed by atoms with Crippen LogP contribution in [-0.2, 0) is 9.59 Å². The standard InChI is InChI=1S/C16H9BrN2O5S/c17-7-1-3-9(10(5-7)15(22)23)12-4-2-8(24-12)6-11-13(20)18-16(25)19-14(11)21/h1-6H,(H,22,23)(H2,18,19,20,21,25). The van der Waals surface area contributed by atoms with E-state index in [1.54, 1.807) is 18.2 Å². The van der Waals surface area contributed by atoms with Gasteiger partial charge in [-0.3, -0.25) is 20.2 Å². The smallest absolute Gasteiger partial charge is 0.336 e. The average molecular weight is 421 g/mol. The summed E-state index contributed by atoms with van der Waals surface area (Å²) in [5.74, 6) is -1.86. The van der Waals surface area contributed by atoms with Gasteiger partial charge in [-0.2, -0.15) is 0 Å². The maximum atomic E-state index is 11.8. The first-order valence-corrected chi connectivity index (χ1v) is 8.06. The zero-order chi connectivity index (χ0) is 18.1. The molecule has 0 spiro atoms. The van der Waals surface area contributed by atoms with Gasteiger partial charge in [0.15, 0.2) is 5.11 Å². The predicted molar refractivity (Wildman–Crippen MR) is 95.7 cm³/mol. The number of halogens is 1. The minimum absolute atomic E-state index is 0.0569. The summed E-state index contributed by atoms with van der Waals surface area (Å²) in [6.07, 6.45) is 1.26. The summed E-state index contributed by atoms with van der Waals surface area (Å²) in [6, 6.07) is 7.84. The molecule has 0 atom stereocenters. The van der Waals surface area contributed by atoms with E-state index in [1.807, 2.05) is 0 Å². The number of benzene rings is 1. The molecule has 3 rings (SSSR count). The number of carbonyl (C=O) groups is 3. The normalized spacial score (nSPS) is 14.1. The predicted octanol–water partition coefficient (Wildman–Crippen LogP) is 2.32. The van der Waals surface area contributed by atoms with Crippen molar-refractivity contribution < 1.29 is 23.9 Å². The van der Waals surface area contributed by atoms with Crippen molar-refractivity contribution in [2.75, 3.05) is 0 Å². The second kappa shape index (κ2) is 6.61. The monoisotopic (exact) mass is 420 g/mol. The van der Waals surface area contributed by atoms with E-state index in [4.69, 9.17) is 16.6 Å². The number of rotatable bonds is 3. The molecule has 7 nitrogen and oxygen atoms in total. The zero-order valence-corrected chi connectivity index (χ0v) is 14.7. The lowest BCUT2D eigenvalue weighted by molar-refractivity contribution is -0.123. The van der Waals surface area contributed by atoms with Crippen LogP contribution in [0.25, 0.3) is 17.4 Å². The van der Waals surface area contributed by atoms with Crippen LogP contribution < -0.4 is 10.6 Å². The van der Waals surface area contributed by atoms with Crippen LogP contribution >= 0.6 is 28.1 Å². The second-order valence-corrected chi connectivity index (χ2v) is 6.32. The number of nitrogens with one attached hydrogen (secondary N) is 2. The van der Waals surface area contributed by atoms with Gasteiger partial charge in [-0.25, -0.2) is 4.79 Å². The molecule has 0 unspecified atom stereocenters. The van der Waals surface area contributed by atoms with E-state index in [0.29, 0.717) is 15.8 Å². The van der Waals surface area contributed by atoms with Gasteiger partial charge in [-0.05, 0) is 48.6 Å². The third kappa shape index (κ3) is 3.52. The molecule has 0 aliphatic carbocycles. The van der Waals surface area contributed by atoms with Gasteiger partial charge in [-0.1, -0.05) is 15.9 Å². The van der Waals surface area contributed by atoms with E-state index in [0.717, 1.165) is 0 Å². The molecule has 1 aromatic carbocycles. The van der Waals surface area contributed by atoms with Crippen LogP contribution in [0.4, 0.5) is 0 Å². The highest BCUT2D eigenvalue weighted by atomic mass is 79.9. The van der Waals surface area contributed by atoms with E-state index >= 15 is 0 Å². The van der Waals surface area contributed by atoms with Crippen LogP contribution in [0.15, 0.2) is 44.8 Å². The first kappa shape index (κ1) is 17.1. The summed E-state index contributed by atoms with van der Waals surface area (Å²) in [6.45, 7) is 0. The van der Waals surface area contributed by atoms with Crippen LogP contribution in [0, 0.1) is 0 Å². The first-order chi connectivity index (χ1) is 11.8. The molecule has 0 saturated carbocycles. The van der Waals surface area contributed by atoms with Crippen LogP contribution in [0.3, 0.4) is 0 Å². The van der Waals surface area contributed by atoms with Crippen molar-refractivity contribution in [1.82, 2.24) is 10.6 Å². The van der Waals surface area contributed by atoms with Crippen molar-refractivity contribution >= 4 is 57.1 Å². The average Bonchev–Trinajstić information content (AvgIpc) is 2.99. The Morgan fingerprint density at radius 2 is 1.84 bits per heavy atom. The Hall–Kier alpha value is -2.78. The van der Waals surface area contributed by atoms with Gasteiger partial charge in [0.05, 0.1) is 5.56 Å². The van der Waals surface area contributed by atoms with Crippen LogP contribution in [0.5, 0.6) is 0 Å². The molecule has 0 radical (unpaired) electrons. The molecule has 3 N–H and O–H groups in total. The van der Waals surface area contributed by atoms with Crippen molar-refractivity contribution in [2.24, 2.45) is 0 Å². The lowest BCUT2D eigenvalue weighted by Crippen LogP contribution is -2.51. The highest BCUT2D eigenvalue weighted by Gasteiger charge is 2.26. The van der Waals surface area contributed by atoms with Gasteiger partial charge < -0.3 is 9.52 Å². The SMILES string of the molecule is O=C1NC(=S)NC(=O)C1=Cc1ccc(-c2ccc(Br)cc2C(=O)O)o1. The maximum absolute atomic E-state index is 11.8. The molecule has 1 aromatic heterocycles. The Balaban J connectivity index is 1.98. The number of carboxylic acids is 1. The van der Waals surface area contributed by atoms with E-state index in [1.165, 1.54) is 18.2 Å². The van der Waals surface area contributed by atoms with Gasteiger partial charge in [0, 0.05) is 10.0 Å². The number of carboxylic acid groups (broad SMARTS) is 1. The molecule has 126 valence electrons. The van der Waals surface area contributed by atoms with Crippen molar-refractivity contribution in [1.29, 1.82) is 0 Å². The van der Waals surface area contributed by atoms with E-state index in [-0.39, 0.29) is 22.0 Å². The number of hydrogen-bond donors (Lipinski definition) is 3. The van der Waals surface area contributed by atoms with Gasteiger partial charge in [-0.15, -0.1) is 0 Å². The molecule has 2 heterocycles. The number of furan rings is 1. The summed E-state index contributed by atoms with van der Waals surface area (Å²) >= 11 is 7.94. The largest absolute Gasteiger partial charge is 0.478 e. The highest BCUT2D eigenvalue weighted by Crippen LogP contribution is 2.29. The minimum atomic E-state index is -1.10. The first-order valence-electron chi connectivity index (χ1n) is 6.86. The fraction of sp³-hybridized carbons (Fsp3) is 0. The van der Waals surface area contributed by atoms with Crippen molar-refractivity contribution in [3.63, 3.8) is 0 Å². The highest BCUT2D eigenvalue weighted by molar-refractivity contribution is 9.10. The van der Waals surface area contributed by atoms with Gasteiger partial charge in [0.1, 0.15) is 17.1 Å². The fourth-order valence-electron chi connectivity index (χ4n) is 2.23. The van der Waals surface area contributed by atoms with Gasteiger partial charge >= 0.3 is 5.97 Å². The second-order valence-electron chi connectivity index (χ2n) is 4.99. The molecular formula is C16H9BrN2O5S. The number of aromatic carboxylic acids is 1. The quantitative estimate of drug-likeness (QED) is 0.399. The third-order valence-electron chi connectivity index (χ3n) is 3.33. The summed E-state index contributed by atoms with van der Waals surface area (Å²) in [4.78, 5) is 35.0. The Bertz CT molecular complexity index is 941. The summed E-state index contributed by atoms with van der Waals surface area (Å²) < 4.78 is 6.20. The summed E-state index contributed by atoms with van der Waals surface area (Å²) in [5.41, 5.74) is 0.268. The van der Waals surface area contributed by atoms with Crippen LogP contribution in [0.2, 0.25) is 0 Å². The van der Waals surface area contributed by atoms with E-state index in [2.05, 4.69) is 26.6 Å². The Labute approximate surface area is 154 Å². The molecule has 1 saturated heterocycles. The van der Waals surface area contributed by atoms with Crippen molar-refractivity contribution in [3.05, 3.63) is 51.7 Å². The molecule has 1 aliphatic heterocycles. The lowest BCUT2D eigenvalue weighted by Gasteiger charge is -2.15. The maximum Gasteiger partial charge on any atom is 0.336 e. The molecule has 9 heteroatoms. The number of hydrogen-bond acceptors (Lipinski definition) is 5. The topological polar surface area (TPSA) is 109 Å². The van der Waals surface area contributed by atoms with Crippen molar-refractivity contribution in [3.8, 4) is 11.3 Å². The molecule has 0 bridgehead atoms. The summed E-state index contributed by atoms with van der Waals surface area (Å²) in [7, 11) is 0. The number of carbonyl (C=O) groups excluding carboxylic acids is 2. The molecule has 25 heavy (non-hydrogen) atoms. The lowest BCUT2D eigenvalue weighted by atomic mass is 10.1. The molecule has 2 aromatic rings. The zero-order valence-electron chi connectivity index (χ0n) is 12.3. The Kier molecular flexibility index (Phi) is 4.51. The van der Waals surface area contributed by atoms with Crippen molar-refractivity contribution in [2.45, 2.75) is 0 Å². The molecular weight excluding hydrogens is 412 g/mol. The van der Waals surface area contributed by atoms with Crippen LogP contribution in [-0.4, -0.2) is 28.0 Å². The fourth-order valence-corrected chi connectivity index (χ4v) is 2.78. The molecule has 1 fully saturated rings. The number of amides is 2. The minimum Gasteiger partial charge on any atom is -0.478 e. The van der Waals surface area contributed by atoms with Gasteiger partial charge in [0.25, 0.3) is 11.8 Å².